The molecular weight excluding hydrogens is 460 g/mol. The summed E-state index contributed by atoms with van der Waals surface area (Å²) in [5, 5.41) is 9.85. The van der Waals surface area contributed by atoms with Crippen molar-refractivity contribution in [3.63, 3.8) is 0 Å². The predicted octanol–water partition coefficient (Wildman–Crippen LogP) is 3.12. The first kappa shape index (κ1) is 25.0. The topological polar surface area (TPSA) is 114 Å². The smallest absolute Gasteiger partial charge is 0.259 e. The highest BCUT2D eigenvalue weighted by molar-refractivity contribution is 6.01. The molecule has 2 N–H and O–H groups in total. The number of hydrogen-bond acceptors (Lipinski definition) is 6. The second-order valence-corrected chi connectivity index (χ2v) is 8.68. The molecule has 0 fully saturated rings. The molecule has 4 rings (SSSR count). The molecule has 0 radical (unpaired) electrons. The molecule has 0 bridgehead atoms. The summed E-state index contributed by atoms with van der Waals surface area (Å²) in [6.07, 6.45) is 0.733. The van der Waals surface area contributed by atoms with Crippen molar-refractivity contribution in [2.75, 3.05) is 32.8 Å². The lowest BCUT2D eigenvalue weighted by Gasteiger charge is -2.23. The second kappa shape index (κ2) is 11.5. The maximum atomic E-state index is 13.7. The molecule has 3 amide bonds. The molecule has 0 unspecified atom stereocenters. The number of rotatable bonds is 2. The van der Waals surface area contributed by atoms with Crippen molar-refractivity contribution < 1.29 is 23.6 Å². The number of aryl methyl sites for hydroxylation is 2. The first-order chi connectivity index (χ1) is 17.4. The third-order valence-corrected chi connectivity index (χ3v) is 5.97. The number of ether oxygens (including phenoxy) is 1. The summed E-state index contributed by atoms with van der Waals surface area (Å²) in [5.41, 5.74) is 2.96. The van der Waals surface area contributed by atoms with Crippen LogP contribution in [-0.2, 0) is 4.79 Å². The van der Waals surface area contributed by atoms with Gasteiger partial charge in [-0.1, -0.05) is 47.1 Å². The van der Waals surface area contributed by atoms with Crippen LogP contribution in [0.15, 0.2) is 53.1 Å². The molecule has 188 valence electrons. The van der Waals surface area contributed by atoms with E-state index in [4.69, 9.17) is 9.26 Å². The number of hydrogen-bond donors (Lipinski definition) is 2. The SMILES string of the molecule is Cc1ccc2c(c1)C(=O)NCCN(C(=O)c1c(-c3ccccc3)noc1C)CCCC(=O)NCCO2. The lowest BCUT2D eigenvalue weighted by atomic mass is 10.0. The Bertz CT molecular complexity index is 1240. The summed E-state index contributed by atoms with van der Waals surface area (Å²) in [7, 11) is 0. The van der Waals surface area contributed by atoms with Crippen LogP contribution in [0, 0.1) is 13.8 Å². The van der Waals surface area contributed by atoms with Gasteiger partial charge in [-0.05, 0) is 32.4 Å². The van der Waals surface area contributed by atoms with Crippen LogP contribution in [0.1, 0.15) is 44.9 Å². The number of aromatic nitrogens is 1. The van der Waals surface area contributed by atoms with E-state index in [-0.39, 0.29) is 43.8 Å². The van der Waals surface area contributed by atoms with Crippen molar-refractivity contribution >= 4 is 17.7 Å². The monoisotopic (exact) mass is 490 g/mol. The summed E-state index contributed by atoms with van der Waals surface area (Å²) in [4.78, 5) is 40.6. The minimum atomic E-state index is -0.286. The quantitative estimate of drug-likeness (QED) is 0.571. The van der Waals surface area contributed by atoms with Crippen LogP contribution >= 0.6 is 0 Å². The van der Waals surface area contributed by atoms with Gasteiger partial charge in [-0.3, -0.25) is 14.4 Å². The number of nitrogens with one attached hydrogen (secondary N) is 2. The molecule has 1 aromatic heterocycles. The highest BCUT2D eigenvalue weighted by Gasteiger charge is 2.26. The van der Waals surface area contributed by atoms with Gasteiger partial charge in [0.05, 0.1) is 12.1 Å². The third kappa shape index (κ3) is 5.91. The number of carbonyl (C=O) groups is 3. The van der Waals surface area contributed by atoms with E-state index in [1.807, 2.05) is 43.3 Å². The van der Waals surface area contributed by atoms with Crippen LogP contribution in [-0.4, -0.2) is 60.6 Å². The average Bonchev–Trinajstić information content (AvgIpc) is 3.27. The van der Waals surface area contributed by atoms with Gasteiger partial charge in [0, 0.05) is 31.6 Å². The fourth-order valence-corrected chi connectivity index (χ4v) is 4.11. The molecule has 2 heterocycles. The van der Waals surface area contributed by atoms with Gasteiger partial charge in [-0.2, -0.15) is 0 Å². The predicted molar refractivity (Wildman–Crippen MR) is 134 cm³/mol. The van der Waals surface area contributed by atoms with Crippen molar-refractivity contribution in [2.45, 2.75) is 26.7 Å². The van der Waals surface area contributed by atoms with Crippen LogP contribution in [0.3, 0.4) is 0 Å². The summed E-state index contributed by atoms with van der Waals surface area (Å²) >= 11 is 0. The molecule has 0 saturated carbocycles. The van der Waals surface area contributed by atoms with Gasteiger partial charge < -0.3 is 24.8 Å². The number of benzene rings is 2. The Balaban J connectivity index is 1.57. The Morgan fingerprint density at radius 1 is 1.00 bits per heavy atom. The van der Waals surface area contributed by atoms with E-state index in [2.05, 4.69) is 15.8 Å². The maximum absolute atomic E-state index is 13.7. The lowest BCUT2D eigenvalue weighted by Crippen LogP contribution is -2.39. The van der Waals surface area contributed by atoms with Crippen molar-refractivity contribution in [3.8, 4) is 17.0 Å². The van der Waals surface area contributed by atoms with Crippen molar-refractivity contribution in [1.29, 1.82) is 0 Å². The zero-order valence-corrected chi connectivity index (χ0v) is 20.5. The van der Waals surface area contributed by atoms with Crippen LogP contribution in [0.2, 0.25) is 0 Å². The van der Waals surface area contributed by atoms with E-state index < -0.39 is 0 Å². The van der Waals surface area contributed by atoms with Gasteiger partial charge in [-0.25, -0.2) is 0 Å². The Hall–Kier alpha value is -4.14. The first-order valence-electron chi connectivity index (χ1n) is 12.0. The first-order valence-corrected chi connectivity index (χ1v) is 12.0. The van der Waals surface area contributed by atoms with Gasteiger partial charge in [0.2, 0.25) is 5.91 Å². The molecule has 2 aromatic carbocycles. The van der Waals surface area contributed by atoms with E-state index in [0.717, 1.165) is 11.1 Å². The third-order valence-electron chi connectivity index (χ3n) is 5.97. The Morgan fingerprint density at radius 3 is 2.61 bits per heavy atom. The highest BCUT2D eigenvalue weighted by Crippen LogP contribution is 2.26. The van der Waals surface area contributed by atoms with E-state index in [1.165, 1.54) is 0 Å². The summed E-state index contributed by atoms with van der Waals surface area (Å²) in [5.74, 6) is 0.198. The van der Waals surface area contributed by atoms with Crippen LogP contribution in [0.25, 0.3) is 11.3 Å². The molecule has 36 heavy (non-hydrogen) atoms. The second-order valence-electron chi connectivity index (χ2n) is 8.68. The van der Waals surface area contributed by atoms with Crippen molar-refractivity contribution in [1.82, 2.24) is 20.7 Å². The largest absolute Gasteiger partial charge is 0.491 e. The minimum Gasteiger partial charge on any atom is -0.491 e. The Kier molecular flexibility index (Phi) is 7.99. The molecule has 0 spiro atoms. The van der Waals surface area contributed by atoms with E-state index in [1.54, 1.807) is 24.0 Å². The average molecular weight is 491 g/mol. The van der Waals surface area contributed by atoms with E-state index in [9.17, 15) is 14.4 Å². The van der Waals surface area contributed by atoms with E-state index in [0.29, 0.717) is 47.8 Å². The molecule has 1 aliphatic rings. The molecule has 0 atom stereocenters. The van der Waals surface area contributed by atoms with Gasteiger partial charge in [0.1, 0.15) is 29.4 Å². The van der Waals surface area contributed by atoms with E-state index >= 15 is 0 Å². The summed E-state index contributed by atoms with van der Waals surface area (Å²) in [6, 6.07) is 14.7. The van der Waals surface area contributed by atoms with Gasteiger partial charge in [-0.15, -0.1) is 0 Å². The number of nitrogens with zero attached hydrogens (tertiary/aromatic N) is 2. The molecule has 0 aliphatic carbocycles. The molecular formula is C27H30N4O5. The Labute approximate surface area is 209 Å². The standard InChI is InChI=1S/C27H30N4O5/c1-18-10-11-22-21(17-18)26(33)29-12-15-31(14-6-9-23(32)28-13-16-35-22)27(34)24-19(2)36-30-25(24)20-7-4-3-5-8-20/h3-5,7-8,10-11,17H,6,9,12-16H2,1-2H3,(H,28,32)(H,29,33). The molecule has 9 heteroatoms. The van der Waals surface area contributed by atoms with Gasteiger partial charge in [0.15, 0.2) is 0 Å². The maximum Gasteiger partial charge on any atom is 0.259 e. The normalized spacial score (nSPS) is 15.6. The van der Waals surface area contributed by atoms with Gasteiger partial charge >= 0.3 is 0 Å². The van der Waals surface area contributed by atoms with Crippen molar-refractivity contribution in [2.24, 2.45) is 0 Å². The fourth-order valence-electron chi connectivity index (χ4n) is 4.11. The lowest BCUT2D eigenvalue weighted by molar-refractivity contribution is -0.121. The number of fused-ring (bicyclic) bond motifs is 1. The van der Waals surface area contributed by atoms with Crippen molar-refractivity contribution in [3.05, 3.63) is 71.0 Å². The van der Waals surface area contributed by atoms with Crippen LogP contribution in [0.4, 0.5) is 0 Å². The van der Waals surface area contributed by atoms with Crippen LogP contribution < -0.4 is 15.4 Å². The summed E-state index contributed by atoms with van der Waals surface area (Å²) in [6.45, 7) is 4.99. The number of amides is 3. The Morgan fingerprint density at radius 2 is 1.81 bits per heavy atom. The molecule has 0 saturated heterocycles. The van der Waals surface area contributed by atoms with Gasteiger partial charge in [0.25, 0.3) is 11.8 Å². The highest BCUT2D eigenvalue weighted by atomic mass is 16.5. The zero-order valence-electron chi connectivity index (χ0n) is 20.5. The fraction of sp³-hybridized carbons (Fsp3) is 0.333. The summed E-state index contributed by atoms with van der Waals surface area (Å²) < 4.78 is 11.1. The molecule has 1 aliphatic heterocycles. The van der Waals surface area contributed by atoms with Crippen LogP contribution in [0.5, 0.6) is 5.75 Å². The molecule has 9 nitrogen and oxygen atoms in total. The minimum absolute atomic E-state index is 0.120. The zero-order chi connectivity index (χ0) is 25.5. The molecule has 3 aromatic rings. The number of carbonyl (C=O) groups excluding carboxylic acids is 3.